The summed E-state index contributed by atoms with van der Waals surface area (Å²) in [6, 6.07) is 0. The molecule has 1 unspecified atom stereocenters. The minimum atomic E-state index is -1.55. The molecule has 7 heteroatoms. The van der Waals surface area contributed by atoms with Crippen LogP contribution < -0.4 is 0 Å². The first-order chi connectivity index (χ1) is 10.3. The smallest absolute Gasteiger partial charge is 0.323 e. The molecule has 0 fully saturated rings. The minimum Gasteiger partial charge on any atom is -0.465 e. The molecule has 0 aliphatic heterocycles. The highest BCUT2D eigenvalue weighted by molar-refractivity contribution is 9.10. The molecule has 6 nitrogen and oxygen atoms in total. The lowest BCUT2D eigenvalue weighted by Crippen LogP contribution is -2.42. The van der Waals surface area contributed by atoms with Gasteiger partial charge in [-0.15, -0.1) is 0 Å². The molecule has 0 aliphatic rings. The fraction of sp³-hybridized carbons (Fsp3) is 0.800. The van der Waals surface area contributed by atoms with Gasteiger partial charge in [0, 0.05) is 0 Å². The van der Waals surface area contributed by atoms with Gasteiger partial charge in [0.05, 0.1) is 19.8 Å². The predicted molar refractivity (Wildman–Crippen MR) is 84.6 cm³/mol. The van der Waals surface area contributed by atoms with Crippen molar-refractivity contribution < 1.29 is 28.6 Å². The van der Waals surface area contributed by atoms with Gasteiger partial charge in [-0.25, -0.2) is 0 Å². The molecule has 22 heavy (non-hydrogen) atoms. The first-order valence-corrected chi connectivity index (χ1v) is 8.40. The first-order valence-electron chi connectivity index (χ1n) is 7.48. The summed E-state index contributed by atoms with van der Waals surface area (Å²) in [6.07, 6.45) is 1.58. The van der Waals surface area contributed by atoms with Gasteiger partial charge < -0.3 is 14.2 Å². The van der Waals surface area contributed by atoms with E-state index in [0.717, 1.165) is 12.8 Å². The van der Waals surface area contributed by atoms with E-state index in [9.17, 15) is 14.4 Å². The van der Waals surface area contributed by atoms with Crippen molar-refractivity contribution in [2.75, 3.05) is 19.8 Å². The second-order valence-corrected chi connectivity index (χ2v) is 6.07. The summed E-state index contributed by atoms with van der Waals surface area (Å²) in [5.74, 6) is -1.92. The van der Waals surface area contributed by atoms with E-state index in [0.29, 0.717) is 6.61 Å². The zero-order chi connectivity index (χ0) is 17.2. The third-order valence-electron chi connectivity index (χ3n) is 3.04. The third-order valence-corrected chi connectivity index (χ3v) is 3.73. The Morgan fingerprint density at radius 1 is 1.00 bits per heavy atom. The second kappa shape index (κ2) is 10.6. The predicted octanol–water partition coefficient (Wildman–Crippen LogP) is 2.62. The normalized spacial score (nSPS) is 12.4. The number of unbranched alkanes of at least 4 members (excludes halogenated alkanes) is 1. The lowest BCUT2D eigenvalue weighted by Gasteiger charge is -2.26. The van der Waals surface area contributed by atoms with Gasteiger partial charge in [-0.3, -0.25) is 14.4 Å². The van der Waals surface area contributed by atoms with Gasteiger partial charge in [0.1, 0.15) is 4.83 Å². The van der Waals surface area contributed by atoms with Crippen LogP contribution in [0, 0.1) is 5.41 Å². The molecular formula is C15H25BrO6. The number of carbonyl (C=O) groups excluding carboxylic acids is 3. The highest BCUT2D eigenvalue weighted by Gasteiger charge is 2.47. The Balaban J connectivity index is 4.93. The fourth-order valence-corrected chi connectivity index (χ4v) is 2.46. The molecule has 1 atom stereocenters. The van der Waals surface area contributed by atoms with Gasteiger partial charge in [-0.05, 0) is 33.6 Å². The Hall–Kier alpha value is -1.11. The zero-order valence-corrected chi connectivity index (χ0v) is 15.2. The van der Waals surface area contributed by atoms with E-state index in [-0.39, 0.29) is 19.6 Å². The largest absolute Gasteiger partial charge is 0.465 e. The van der Waals surface area contributed by atoms with Crippen molar-refractivity contribution in [3.63, 3.8) is 0 Å². The lowest BCUT2D eigenvalue weighted by atomic mass is 9.85. The summed E-state index contributed by atoms with van der Waals surface area (Å²) < 4.78 is 15.0. The van der Waals surface area contributed by atoms with Gasteiger partial charge in [0.15, 0.2) is 5.41 Å². The maximum Gasteiger partial charge on any atom is 0.323 e. The van der Waals surface area contributed by atoms with Crippen LogP contribution in [-0.4, -0.2) is 42.6 Å². The Morgan fingerprint density at radius 2 is 1.50 bits per heavy atom. The van der Waals surface area contributed by atoms with Crippen LogP contribution in [0.3, 0.4) is 0 Å². The molecule has 0 amide bonds. The molecule has 0 heterocycles. The molecule has 0 aromatic heterocycles. The van der Waals surface area contributed by atoms with Crippen molar-refractivity contribution in [3.8, 4) is 0 Å². The number of rotatable bonds is 10. The molecule has 0 bridgehead atoms. The fourth-order valence-electron chi connectivity index (χ4n) is 1.68. The van der Waals surface area contributed by atoms with E-state index < -0.39 is 28.2 Å². The Kier molecular flexibility index (Phi) is 10.1. The Morgan fingerprint density at radius 3 is 1.91 bits per heavy atom. The van der Waals surface area contributed by atoms with E-state index in [1.807, 2.05) is 6.92 Å². The maximum absolute atomic E-state index is 12.1. The van der Waals surface area contributed by atoms with Crippen LogP contribution in [0.1, 0.15) is 47.0 Å². The molecule has 0 aliphatic carbocycles. The highest BCUT2D eigenvalue weighted by Crippen LogP contribution is 2.30. The minimum absolute atomic E-state index is 0.0877. The van der Waals surface area contributed by atoms with Crippen molar-refractivity contribution in [1.82, 2.24) is 0 Å². The van der Waals surface area contributed by atoms with E-state index in [1.54, 1.807) is 13.8 Å². The van der Waals surface area contributed by atoms with Gasteiger partial charge in [-0.2, -0.15) is 0 Å². The Bertz CT molecular complexity index is 364. The number of ether oxygens (including phenoxy) is 3. The van der Waals surface area contributed by atoms with Crippen LogP contribution >= 0.6 is 15.9 Å². The number of hydrogen-bond donors (Lipinski definition) is 0. The second-order valence-electron chi connectivity index (χ2n) is 4.97. The number of alkyl halides is 1. The van der Waals surface area contributed by atoms with E-state index in [2.05, 4.69) is 15.9 Å². The number of hydrogen-bond acceptors (Lipinski definition) is 6. The zero-order valence-electron chi connectivity index (χ0n) is 13.6. The topological polar surface area (TPSA) is 78.9 Å². The summed E-state index contributed by atoms with van der Waals surface area (Å²) in [7, 11) is 0. The quantitative estimate of drug-likeness (QED) is 0.190. The summed E-state index contributed by atoms with van der Waals surface area (Å²) in [6.45, 7) is 7.28. The standard InChI is InChI=1S/C15H25BrO6/c1-5-8-9-22-12(17)11(16)10-15(4,13(18)20-6-2)14(19)21-7-3/h11H,5-10H2,1-4H3. The van der Waals surface area contributed by atoms with E-state index in [1.165, 1.54) is 6.92 Å². The third kappa shape index (κ3) is 6.34. The van der Waals surface area contributed by atoms with Crippen LogP contribution in [0.4, 0.5) is 0 Å². The first kappa shape index (κ1) is 20.9. The van der Waals surface area contributed by atoms with Crippen LogP contribution in [0.5, 0.6) is 0 Å². The van der Waals surface area contributed by atoms with Crippen LogP contribution in [-0.2, 0) is 28.6 Å². The van der Waals surface area contributed by atoms with Crippen molar-refractivity contribution in [3.05, 3.63) is 0 Å². The molecule has 128 valence electrons. The SMILES string of the molecule is CCCCOC(=O)C(Br)CC(C)(C(=O)OCC)C(=O)OCC. The highest BCUT2D eigenvalue weighted by atomic mass is 79.9. The molecule has 0 spiro atoms. The van der Waals surface area contributed by atoms with Gasteiger partial charge >= 0.3 is 17.9 Å². The molecule has 0 saturated heterocycles. The molecule has 0 saturated carbocycles. The van der Waals surface area contributed by atoms with Crippen LogP contribution in [0.25, 0.3) is 0 Å². The number of carbonyl (C=O) groups is 3. The maximum atomic E-state index is 12.1. The summed E-state index contributed by atoms with van der Waals surface area (Å²) in [5, 5.41) is 0. The monoisotopic (exact) mass is 380 g/mol. The molecular weight excluding hydrogens is 356 g/mol. The van der Waals surface area contributed by atoms with E-state index >= 15 is 0 Å². The Labute approximate surface area is 140 Å². The summed E-state index contributed by atoms with van der Waals surface area (Å²) in [5.41, 5.74) is -1.55. The van der Waals surface area contributed by atoms with Crippen LogP contribution in [0.15, 0.2) is 0 Å². The number of halogens is 1. The van der Waals surface area contributed by atoms with E-state index in [4.69, 9.17) is 14.2 Å². The molecule has 0 aromatic carbocycles. The lowest BCUT2D eigenvalue weighted by molar-refractivity contribution is -0.171. The molecule has 0 radical (unpaired) electrons. The molecule has 0 N–H and O–H groups in total. The average molecular weight is 381 g/mol. The van der Waals surface area contributed by atoms with Crippen molar-refractivity contribution in [1.29, 1.82) is 0 Å². The van der Waals surface area contributed by atoms with Crippen molar-refractivity contribution in [2.45, 2.75) is 51.8 Å². The van der Waals surface area contributed by atoms with Gasteiger partial charge in [0.25, 0.3) is 0 Å². The van der Waals surface area contributed by atoms with Crippen LogP contribution in [0.2, 0.25) is 0 Å². The van der Waals surface area contributed by atoms with Gasteiger partial charge in [0.2, 0.25) is 0 Å². The average Bonchev–Trinajstić information content (AvgIpc) is 2.47. The molecule has 0 rings (SSSR count). The number of esters is 3. The summed E-state index contributed by atoms with van der Waals surface area (Å²) >= 11 is 3.18. The summed E-state index contributed by atoms with van der Waals surface area (Å²) in [4.78, 5) is 35.3. The van der Waals surface area contributed by atoms with Crippen molar-refractivity contribution in [2.24, 2.45) is 5.41 Å². The molecule has 0 aromatic rings. The van der Waals surface area contributed by atoms with Gasteiger partial charge in [-0.1, -0.05) is 29.3 Å². The van der Waals surface area contributed by atoms with Crippen molar-refractivity contribution >= 4 is 33.8 Å².